The molecular weight excluding hydrogens is 236 g/mol. The first-order valence-electron chi connectivity index (χ1n) is 6.46. The van der Waals surface area contributed by atoms with Crippen LogP contribution in [0.25, 0.3) is 0 Å². The number of urea groups is 1. The van der Waals surface area contributed by atoms with Crippen LogP contribution < -0.4 is 5.32 Å². The minimum atomic E-state index is -0.367. The third-order valence-electron chi connectivity index (χ3n) is 3.72. The summed E-state index contributed by atoms with van der Waals surface area (Å²) < 4.78 is 0. The molecule has 0 aromatic rings. The first-order valence-corrected chi connectivity index (χ1v) is 6.87. The van der Waals surface area contributed by atoms with Gasteiger partial charge in [0.25, 0.3) is 0 Å². The molecule has 2 aliphatic rings. The molecule has 2 fully saturated rings. The fourth-order valence-corrected chi connectivity index (χ4v) is 3.00. The van der Waals surface area contributed by atoms with Crippen LogP contribution in [0.1, 0.15) is 44.9 Å². The maximum Gasteiger partial charge on any atom is 0.318 e. The van der Waals surface area contributed by atoms with Crippen molar-refractivity contribution in [1.82, 2.24) is 10.2 Å². The van der Waals surface area contributed by atoms with Gasteiger partial charge in [-0.2, -0.15) is 0 Å². The van der Waals surface area contributed by atoms with Crippen molar-refractivity contribution in [2.24, 2.45) is 0 Å². The molecule has 17 heavy (non-hydrogen) atoms. The maximum atomic E-state index is 12.0. The van der Waals surface area contributed by atoms with Crippen molar-refractivity contribution in [2.45, 2.75) is 57.0 Å². The normalized spacial score (nSPS) is 25.9. The molecule has 1 saturated heterocycles. The number of hydrogen-bond donors (Lipinski definition) is 1. The molecule has 4 nitrogen and oxygen atoms in total. The molecule has 0 bridgehead atoms. The molecular formula is C12H19N2O2S-. The van der Waals surface area contributed by atoms with E-state index in [1.807, 2.05) is 0 Å². The van der Waals surface area contributed by atoms with Crippen molar-refractivity contribution in [3.63, 3.8) is 0 Å². The highest BCUT2D eigenvalue weighted by molar-refractivity contribution is 7.77. The van der Waals surface area contributed by atoms with Crippen LogP contribution in [0, 0.1) is 0 Å². The van der Waals surface area contributed by atoms with Gasteiger partial charge in [0.2, 0.25) is 0 Å². The van der Waals surface area contributed by atoms with E-state index in [4.69, 9.17) is 0 Å². The second kappa shape index (κ2) is 5.67. The van der Waals surface area contributed by atoms with Crippen LogP contribution in [-0.4, -0.2) is 34.7 Å². The van der Waals surface area contributed by atoms with Crippen LogP contribution in [0.5, 0.6) is 0 Å². The maximum absolute atomic E-state index is 12.0. The number of hydrogen-bond acceptors (Lipinski definition) is 3. The molecule has 0 aromatic carbocycles. The molecule has 0 unspecified atom stereocenters. The standard InChI is InChI=1S/C12H20N2O2S/c15-11(17)10-7-4-8-14(10)12(16)13-9-5-2-1-3-6-9/h9-10H,1-8H2,(H,13,16)(H,15,17)/p-1/t10-/m0/s1. The Morgan fingerprint density at radius 3 is 2.41 bits per heavy atom. The van der Waals surface area contributed by atoms with E-state index in [1.54, 1.807) is 4.90 Å². The Bertz CT molecular complexity index is 303. The molecule has 5 heteroatoms. The highest BCUT2D eigenvalue weighted by Crippen LogP contribution is 2.20. The first kappa shape index (κ1) is 12.6. The Kier molecular flexibility index (Phi) is 4.20. The molecule has 1 aliphatic heterocycles. The third kappa shape index (κ3) is 3.09. The largest absolute Gasteiger partial charge is 0.740 e. The van der Waals surface area contributed by atoms with Crippen LogP contribution in [-0.2, 0) is 17.4 Å². The van der Waals surface area contributed by atoms with Crippen LogP contribution in [0.2, 0.25) is 0 Å². The Labute approximate surface area is 108 Å². The van der Waals surface area contributed by atoms with Gasteiger partial charge in [0.1, 0.15) is 0 Å². The van der Waals surface area contributed by atoms with Gasteiger partial charge in [-0.05, 0) is 25.7 Å². The van der Waals surface area contributed by atoms with Gasteiger partial charge >= 0.3 is 6.03 Å². The molecule has 1 atom stereocenters. The predicted octanol–water partition coefficient (Wildman–Crippen LogP) is 1.57. The van der Waals surface area contributed by atoms with E-state index in [9.17, 15) is 9.59 Å². The van der Waals surface area contributed by atoms with Crippen LogP contribution >= 0.6 is 0 Å². The fourth-order valence-electron chi connectivity index (χ4n) is 2.76. The van der Waals surface area contributed by atoms with Gasteiger partial charge in [-0.25, -0.2) is 4.79 Å². The lowest BCUT2D eigenvalue weighted by Crippen LogP contribution is -2.49. The summed E-state index contributed by atoms with van der Waals surface area (Å²) in [4.78, 5) is 24.9. The van der Waals surface area contributed by atoms with Gasteiger partial charge < -0.3 is 27.6 Å². The van der Waals surface area contributed by atoms with Crippen molar-refractivity contribution < 1.29 is 9.59 Å². The monoisotopic (exact) mass is 255 g/mol. The Morgan fingerprint density at radius 1 is 1.06 bits per heavy atom. The van der Waals surface area contributed by atoms with Crippen LogP contribution in [0.4, 0.5) is 4.79 Å². The minimum Gasteiger partial charge on any atom is -0.740 e. The lowest BCUT2D eigenvalue weighted by Gasteiger charge is -2.30. The van der Waals surface area contributed by atoms with E-state index in [0.29, 0.717) is 6.54 Å². The summed E-state index contributed by atoms with van der Waals surface area (Å²) in [5, 5.41) is 2.73. The zero-order valence-corrected chi connectivity index (χ0v) is 10.8. The average Bonchev–Trinajstić information content (AvgIpc) is 2.79. The van der Waals surface area contributed by atoms with Crippen LogP contribution in [0.3, 0.4) is 0 Å². The van der Waals surface area contributed by atoms with E-state index in [1.165, 1.54) is 19.3 Å². The molecule has 2 amide bonds. The molecule has 0 radical (unpaired) electrons. The summed E-state index contributed by atoms with van der Waals surface area (Å²) in [5.41, 5.74) is 0. The zero-order chi connectivity index (χ0) is 12.3. The van der Waals surface area contributed by atoms with Gasteiger partial charge in [0.05, 0.1) is 6.04 Å². The fraction of sp³-hybridized carbons (Fsp3) is 0.833. The van der Waals surface area contributed by atoms with Crippen molar-refractivity contribution >= 4 is 23.8 Å². The second-order valence-corrected chi connectivity index (χ2v) is 5.36. The SMILES string of the molecule is O=C([S-])[C@@H]1CCCN1C(=O)NC1CCCCC1. The summed E-state index contributed by atoms with van der Waals surface area (Å²) >= 11 is 4.68. The van der Waals surface area contributed by atoms with Gasteiger partial charge in [0, 0.05) is 17.7 Å². The number of likely N-dealkylation sites (tertiary alicyclic amines) is 1. The van der Waals surface area contributed by atoms with E-state index in [-0.39, 0.29) is 23.2 Å². The molecule has 1 saturated carbocycles. The lowest BCUT2D eigenvalue weighted by molar-refractivity contribution is -0.114. The molecule has 1 N–H and O–H groups in total. The Balaban J connectivity index is 1.88. The predicted molar refractivity (Wildman–Crippen MR) is 67.5 cm³/mol. The summed E-state index contributed by atoms with van der Waals surface area (Å²) in [6, 6.07) is -0.177. The van der Waals surface area contributed by atoms with Crippen molar-refractivity contribution in [3.8, 4) is 0 Å². The number of nitrogens with zero attached hydrogens (tertiary/aromatic N) is 1. The lowest BCUT2D eigenvalue weighted by atomic mass is 9.96. The highest BCUT2D eigenvalue weighted by Gasteiger charge is 2.30. The molecule has 1 aliphatic carbocycles. The number of carbonyl (C=O) groups is 2. The number of carbonyl (C=O) groups excluding carboxylic acids is 2. The Morgan fingerprint density at radius 2 is 1.76 bits per heavy atom. The highest BCUT2D eigenvalue weighted by atomic mass is 32.1. The molecule has 96 valence electrons. The Hall–Kier alpha value is -0.840. The third-order valence-corrected chi connectivity index (χ3v) is 3.99. The minimum absolute atomic E-state index is 0.0994. The number of nitrogens with one attached hydrogen (secondary N) is 1. The van der Waals surface area contributed by atoms with Crippen molar-refractivity contribution in [1.29, 1.82) is 0 Å². The molecule has 0 aromatic heterocycles. The average molecular weight is 255 g/mol. The summed E-state index contributed by atoms with van der Waals surface area (Å²) in [6.07, 6.45) is 7.37. The van der Waals surface area contributed by atoms with Gasteiger partial charge in [-0.15, -0.1) is 0 Å². The molecule has 0 spiro atoms. The zero-order valence-electron chi connectivity index (χ0n) is 9.98. The second-order valence-electron chi connectivity index (χ2n) is 4.95. The topological polar surface area (TPSA) is 49.4 Å². The number of amides is 2. The van der Waals surface area contributed by atoms with Gasteiger partial charge in [-0.3, -0.25) is 0 Å². The summed E-state index contributed by atoms with van der Waals surface area (Å²) in [6.45, 7) is 0.658. The summed E-state index contributed by atoms with van der Waals surface area (Å²) in [5.74, 6) is 0. The smallest absolute Gasteiger partial charge is 0.318 e. The van der Waals surface area contributed by atoms with Crippen LogP contribution in [0.15, 0.2) is 0 Å². The van der Waals surface area contributed by atoms with E-state index in [0.717, 1.165) is 25.7 Å². The van der Waals surface area contributed by atoms with E-state index in [2.05, 4.69) is 17.9 Å². The van der Waals surface area contributed by atoms with Crippen molar-refractivity contribution in [3.05, 3.63) is 0 Å². The molecule has 1 heterocycles. The first-order chi connectivity index (χ1) is 8.18. The van der Waals surface area contributed by atoms with Crippen molar-refractivity contribution in [2.75, 3.05) is 6.54 Å². The molecule has 2 rings (SSSR count). The van der Waals surface area contributed by atoms with E-state index < -0.39 is 0 Å². The van der Waals surface area contributed by atoms with Gasteiger partial charge in [0.15, 0.2) is 0 Å². The quantitative estimate of drug-likeness (QED) is 0.762. The van der Waals surface area contributed by atoms with E-state index >= 15 is 0 Å². The van der Waals surface area contributed by atoms with Gasteiger partial charge in [-0.1, -0.05) is 19.3 Å². The summed E-state index contributed by atoms with van der Waals surface area (Å²) in [7, 11) is 0. The number of rotatable bonds is 2.